The van der Waals surface area contributed by atoms with E-state index in [4.69, 9.17) is 0 Å². The number of alkyl halides is 2. The van der Waals surface area contributed by atoms with Crippen molar-refractivity contribution in [2.45, 2.75) is 32.4 Å². The van der Waals surface area contributed by atoms with Crippen LogP contribution in [0.25, 0.3) is 0 Å². The average molecular weight is 298 g/mol. The van der Waals surface area contributed by atoms with Crippen molar-refractivity contribution in [3.05, 3.63) is 29.8 Å². The predicted molar refractivity (Wildman–Crippen MR) is 79.7 cm³/mol. The van der Waals surface area contributed by atoms with E-state index in [1.165, 1.54) is 0 Å². The second kappa shape index (κ2) is 7.71. The third-order valence-electron chi connectivity index (χ3n) is 4.27. The summed E-state index contributed by atoms with van der Waals surface area (Å²) in [7, 11) is 1.98. The number of hydrogen-bond acceptors (Lipinski definition) is 3. The van der Waals surface area contributed by atoms with Crippen LogP contribution in [0.2, 0.25) is 0 Å². The number of halogens is 2. The first-order valence-electron chi connectivity index (χ1n) is 7.54. The minimum Gasteiger partial charge on any atom is -0.434 e. The molecule has 2 rings (SSSR count). The molecule has 1 aromatic rings. The third-order valence-corrected chi connectivity index (χ3v) is 4.27. The molecule has 1 N–H and O–H groups in total. The molecule has 0 spiro atoms. The van der Waals surface area contributed by atoms with Gasteiger partial charge in [0.25, 0.3) is 0 Å². The first-order chi connectivity index (χ1) is 10.1. The van der Waals surface area contributed by atoms with Crippen molar-refractivity contribution in [1.29, 1.82) is 0 Å². The molecular formula is C16H24F2N2O. The summed E-state index contributed by atoms with van der Waals surface area (Å²) in [5.74, 6) is 1.00. The summed E-state index contributed by atoms with van der Waals surface area (Å²) in [5.41, 5.74) is 0.838. The van der Waals surface area contributed by atoms with Crippen LogP contribution in [-0.2, 0) is 0 Å². The minimum absolute atomic E-state index is 0.0930. The van der Waals surface area contributed by atoms with Gasteiger partial charge >= 0.3 is 6.61 Å². The van der Waals surface area contributed by atoms with Crippen LogP contribution >= 0.6 is 0 Å². The number of nitrogens with one attached hydrogen (secondary N) is 1. The molecule has 1 aromatic carbocycles. The lowest BCUT2D eigenvalue weighted by atomic mass is 9.94. The zero-order chi connectivity index (χ0) is 15.2. The predicted octanol–water partition coefficient (Wildman–Crippen LogP) is 3.28. The van der Waals surface area contributed by atoms with Gasteiger partial charge in [-0.25, -0.2) is 0 Å². The number of benzene rings is 1. The Morgan fingerprint density at radius 1 is 1.29 bits per heavy atom. The molecule has 1 saturated heterocycles. The number of para-hydroxylation sites is 1. The van der Waals surface area contributed by atoms with E-state index in [0.717, 1.165) is 38.0 Å². The normalized spacial score (nSPS) is 18.9. The molecule has 1 heterocycles. The summed E-state index contributed by atoms with van der Waals surface area (Å²) in [4.78, 5) is 2.35. The number of likely N-dealkylation sites (tertiary alicyclic amines) is 1. The molecule has 1 aliphatic heterocycles. The zero-order valence-electron chi connectivity index (χ0n) is 12.7. The molecule has 1 unspecified atom stereocenters. The summed E-state index contributed by atoms with van der Waals surface area (Å²) < 4.78 is 29.6. The highest BCUT2D eigenvalue weighted by Gasteiger charge is 2.25. The molecule has 1 aliphatic rings. The fourth-order valence-electron chi connectivity index (χ4n) is 3.06. The van der Waals surface area contributed by atoms with Gasteiger partial charge in [0.15, 0.2) is 0 Å². The maximum absolute atomic E-state index is 12.5. The molecule has 0 aliphatic carbocycles. The van der Waals surface area contributed by atoms with Gasteiger partial charge in [-0.3, -0.25) is 4.90 Å². The molecule has 1 fully saturated rings. The zero-order valence-corrected chi connectivity index (χ0v) is 12.7. The first-order valence-corrected chi connectivity index (χ1v) is 7.54. The van der Waals surface area contributed by atoms with E-state index in [1.807, 2.05) is 19.2 Å². The Balaban J connectivity index is 2.02. The first kappa shape index (κ1) is 16.2. The Labute approximate surface area is 125 Å². The maximum Gasteiger partial charge on any atom is 0.387 e. The van der Waals surface area contributed by atoms with Gasteiger partial charge in [0.2, 0.25) is 0 Å². The molecule has 1 atom stereocenters. The van der Waals surface area contributed by atoms with Gasteiger partial charge in [0.1, 0.15) is 5.75 Å². The SMILES string of the molecule is CNCC1CCN(C(C)c2ccccc2OC(F)F)CC1. The quantitative estimate of drug-likeness (QED) is 0.872. The van der Waals surface area contributed by atoms with Gasteiger partial charge in [0, 0.05) is 11.6 Å². The molecule has 5 heteroatoms. The molecule has 0 aromatic heterocycles. The van der Waals surface area contributed by atoms with Crippen LogP contribution in [0.4, 0.5) is 8.78 Å². The molecule has 0 radical (unpaired) electrons. The summed E-state index contributed by atoms with van der Waals surface area (Å²) >= 11 is 0. The van der Waals surface area contributed by atoms with E-state index in [0.29, 0.717) is 5.92 Å². The van der Waals surface area contributed by atoms with E-state index in [9.17, 15) is 8.78 Å². The van der Waals surface area contributed by atoms with Crippen molar-refractivity contribution in [3.63, 3.8) is 0 Å². The molecule has 118 valence electrons. The highest BCUT2D eigenvalue weighted by molar-refractivity contribution is 5.35. The summed E-state index contributed by atoms with van der Waals surface area (Å²) in [6.07, 6.45) is 2.28. The number of ether oxygens (including phenoxy) is 1. The Morgan fingerprint density at radius 3 is 2.57 bits per heavy atom. The largest absolute Gasteiger partial charge is 0.434 e. The third kappa shape index (κ3) is 4.38. The lowest BCUT2D eigenvalue weighted by Gasteiger charge is -2.36. The van der Waals surface area contributed by atoms with Gasteiger partial charge in [-0.05, 0) is 58.4 Å². The molecule has 0 saturated carbocycles. The molecule has 0 bridgehead atoms. The average Bonchev–Trinajstić information content (AvgIpc) is 2.48. The molecular weight excluding hydrogens is 274 g/mol. The fourth-order valence-corrected chi connectivity index (χ4v) is 3.06. The van der Waals surface area contributed by atoms with Crippen LogP contribution in [0.3, 0.4) is 0 Å². The van der Waals surface area contributed by atoms with Crippen molar-refractivity contribution < 1.29 is 13.5 Å². The summed E-state index contributed by atoms with van der Waals surface area (Å²) in [6.45, 7) is 2.33. The minimum atomic E-state index is -2.78. The molecule has 21 heavy (non-hydrogen) atoms. The monoisotopic (exact) mass is 298 g/mol. The smallest absolute Gasteiger partial charge is 0.387 e. The van der Waals surface area contributed by atoms with E-state index in [1.54, 1.807) is 12.1 Å². The highest BCUT2D eigenvalue weighted by Crippen LogP contribution is 2.32. The van der Waals surface area contributed by atoms with E-state index in [2.05, 4.69) is 21.9 Å². The molecule has 0 amide bonds. The molecule has 3 nitrogen and oxygen atoms in total. The van der Waals surface area contributed by atoms with Crippen molar-refractivity contribution >= 4 is 0 Å². The van der Waals surface area contributed by atoms with Crippen molar-refractivity contribution in [2.24, 2.45) is 5.92 Å². The van der Waals surface area contributed by atoms with Gasteiger partial charge < -0.3 is 10.1 Å². The number of piperidine rings is 1. The van der Waals surface area contributed by atoms with Crippen molar-refractivity contribution in [2.75, 3.05) is 26.7 Å². The second-order valence-corrected chi connectivity index (χ2v) is 5.63. The summed E-state index contributed by atoms with van der Waals surface area (Å²) in [6, 6.07) is 7.19. The van der Waals surface area contributed by atoms with Gasteiger partial charge in [-0.1, -0.05) is 18.2 Å². The van der Waals surface area contributed by atoms with Crippen LogP contribution in [0.5, 0.6) is 5.75 Å². The van der Waals surface area contributed by atoms with Crippen LogP contribution in [0.1, 0.15) is 31.4 Å². The Bertz CT molecular complexity index is 434. The number of hydrogen-bond donors (Lipinski definition) is 1. The van der Waals surface area contributed by atoms with Crippen LogP contribution in [-0.4, -0.2) is 38.2 Å². The summed E-state index contributed by atoms with van der Waals surface area (Å²) in [5, 5.41) is 3.22. The second-order valence-electron chi connectivity index (χ2n) is 5.63. The topological polar surface area (TPSA) is 24.5 Å². The Hall–Kier alpha value is -1.20. The lowest BCUT2D eigenvalue weighted by molar-refractivity contribution is -0.0512. The highest BCUT2D eigenvalue weighted by atomic mass is 19.3. The van der Waals surface area contributed by atoms with E-state index < -0.39 is 6.61 Å². The van der Waals surface area contributed by atoms with Crippen LogP contribution in [0.15, 0.2) is 24.3 Å². The van der Waals surface area contributed by atoms with E-state index >= 15 is 0 Å². The maximum atomic E-state index is 12.5. The standard InChI is InChI=1S/C16H24F2N2O/c1-12(20-9-7-13(8-10-20)11-19-2)14-5-3-4-6-15(14)21-16(17)18/h3-6,12-13,16,19H,7-11H2,1-2H3. The fraction of sp³-hybridized carbons (Fsp3) is 0.625. The van der Waals surface area contributed by atoms with E-state index in [-0.39, 0.29) is 11.8 Å². The number of rotatable bonds is 6. The van der Waals surface area contributed by atoms with Crippen molar-refractivity contribution in [1.82, 2.24) is 10.2 Å². The Morgan fingerprint density at radius 2 is 1.95 bits per heavy atom. The van der Waals surface area contributed by atoms with Crippen LogP contribution in [0, 0.1) is 5.92 Å². The number of nitrogens with zero attached hydrogens (tertiary/aromatic N) is 1. The Kier molecular flexibility index (Phi) is 5.94. The van der Waals surface area contributed by atoms with Gasteiger partial charge in [-0.15, -0.1) is 0 Å². The van der Waals surface area contributed by atoms with Gasteiger partial charge in [0.05, 0.1) is 0 Å². The lowest BCUT2D eigenvalue weighted by Crippen LogP contribution is -2.38. The van der Waals surface area contributed by atoms with Crippen LogP contribution < -0.4 is 10.1 Å². The van der Waals surface area contributed by atoms with Gasteiger partial charge in [-0.2, -0.15) is 8.78 Å². The van der Waals surface area contributed by atoms with Crippen molar-refractivity contribution in [3.8, 4) is 5.75 Å².